The summed E-state index contributed by atoms with van der Waals surface area (Å²) in [7, 11) is 1.77. The molecule has 0 radical (unpaired) electrons. The van der Waals surface area contributed by atoms with Crippen LogP contribution in [0.15, 0.2) is 0 Å². The number of hydrogen-bond acceptors (Lipinski definition) is 1. The number of methoxy groups -OCH3 is 1. The highest BCUT2D eigenvalue weighted by molar-refractivity contribution is 6.20. The third-order valence-corrected chi connectivity index (χ3v) is 3.29. The molecule has 0 aliphatic heterocycles. The molecule has 1 nitrogen and oxygen atoms in total. The van der Waals surface area contributed by atoms with Crippen LogP contribution in [0, 0.1) is 5.92 Å². The Morgan fingerprint density at radius 1 is 1.23 bits per heavy atom. The van der Waals surface area contributed by atoms with Gasteiger partial charge >= 0.3 is 0 Å². The second-order valence-corrected chi connectivity index (χ2v) is 4.61. The number of halogens is 1. The van der Waals surface area contributed by atoms with Gasteiger partial charge in [0.2, 0.25) is 0 Å². The fraction of sp³-hybridized carbons (Fsp3) is 1.00. The van der Waals surface area contributed by atoms with Crippen LogP contribution in [0.4, 0.5) is 0 Å². The van der Waals surface area contributed by atoms with Crippen molar-refractivity contribution in [1.82, 2.24) is 0 Å². The molecule has 0 amide bonds. The van der Waals surface area contributed by atoms with E-state index >= 15 is 0 Å². The van der Waals surface area contributed by atoms with Crippen molar-refractivity contribution >= 4 is 11.6 Å². The average molecular weight is 205 g/mol. The van der Waals surface area contributed by atoms with Gasteiger partial charge < -0.3 is 4.74 Å². The highest BCUT2D eigenvalue weighted by Crippen LogP contribution is 2.37. The highest BCUT2D eigenvalue weighted by atomic mass is 35.5. The first-order valence-electron chi connectivity index (χ1n) is 5.47. The molecule has 1 saturated carbocycles. The Morgan fingerprint density at radius 2 is 1.92 bits per heavy atom. The van der Waals surface area contributed by atoms with Crippen molar-refractivity contribution in [1.29, 1.82) is 0 Å². The summed E-state index contributed by atoms with van der Waals surface area (Å²) in [5, 5.41) is 0.474. The Labute approximate surface area is 86.8 Å². The lowest BCUT2D eigenvalue weighted by Gasteiger charge is -2.06. The molecule has 1 aliphatic rings. The molecule has 0 N–H and O–H groups in total. The van der Waals surface area contributed by atoms with Crippen molar-refractivity contribution in [2.45, 2.75) is 50.3 Å². The number of hydrogen-bond donors (Lipinski definition) is 0. The molecule has 0 aromatic rings. The van der Waals surface area contributed by atoms with Crippen LogP contribution in [0.3, 0.4) is 0 Å². The van der Waals surface area contributed by atoms with Crippen molar-refractivity contribution in [3.63, 3.8) is 0 Å². The Hall–Kier alpha value is 0.250. The van der Waals surface area contributed by atoms with Crippen LogP contribution in [0.1, 0.15) is 44.9 Å². The van der Waals surface area contributed by atoms with Crippen LogP contribution in [-0.2, 0) is 4.74 Å². The van der Waals surface area contributed by atoms with E-state index in [-0.39, 0.29) is 0 Å². The van der Waals surface area contributed by atoms with Gasteiger partial charge in [0.15, 0.2) is 0 Å². The molecule has 0 aromatic heterocycles. The van der Waals surface area contributed by atoms with Gasteiger partial charge in [0.05, 0.1) is 0 Å². The molecule has 0 aromatic carbocycles. The van der Waals surface area contributed by atoms with Gasteiger partial charge in [-0.25, -0.2) is 0 Å². The summed E-state index contributed by atoms with van der Waals surface area (Å²) in [6.07, 6.45) is 9.08. The molecule has 1 atom stereocenters. The van der Waals surface area contributed by atoms with E-state index in [4.69, 9.17) is 16.3 Å². The molecule has 0 bridgehead atoms. The standard InChI is InChI=1S/C11H21ClO/c1-13-9-5-3-2-4-6-11(12)10-7-8-10/h10-11H,2-9H2,1H3. The SMILES string of the molecule is COCCCCCCC(Cl)C1CC1. The van der Waals surface area contributed by atoms with E-state index in [0.717, 1.165) is 12.5 Å². The normalized spacial score (nSPS) is 18.9. The van der Waals surface area contributed by atoms with Gasteiger partial charge in [0.25, 0.3) is 0 Å². The minimum absolute atomic E-state index is 0.474. The molecular formula is C11H21ClO. The number of alkyl halides is 1. The lowest BCUT2D eigenvalue weighted by Crippen LogP contribution is -2.00. The Kier molecular flexibility index (Phi) is 5.81. The molecule has 1 aliphatic carbocycles. The van der Waals surface area contributed by atoms with Gasteiger partial charge in [-0.1, -0.05) is 19.3 Å². The van der Waals surface area contributed by atoms with Crippen LogP contribution in [0.25, 0.3) is 0 Å². The highest BCUT2D eigenvalue weighted by Gasteiger charge is 2.28. The van der Waals surface area contributed by atoms with Crippen molar-refractivity contribution < 1.29 is 4.74 Å². The van der Waals surface area contributed by atoms with Crippen molar-refractivity contribution in [3.05, 3.63) is 0 Å². The first-order chi connectivity index (χ1) is 6.34. The minimum Gasteiger partial charge on any atom is -0.385 e. The summed E-state index contributed by atoms with van der Waals surface area (Å²) in [4.78, 5) is 0. The molecule has 13 heavy (non-hydrogen) atoms. The van der Waals surface area contributed by atoms with E-state index in [1.165, 1.54) is 44.9 Å². The zero-order chi connectivity index (χ0) is 9.52. The van der Waals surface area contributed by atoms with Gasteiger partial charge in [-0.3, -0.25) is 0 Å². The van der Waals surface area contributed by atoms with Crippen molar-refractivity contribution in [2.24, 2.45) is 5.92 Å². The van der Waals surface area contributed by atoms with E-state index in [0.29, 0.717) is 5.38 Å². The van der Waals surface area contributed by atoms with Crippen LogP contribution in [0.2, 0.25) is 0 Å². The summed E-state index contributed by atoms with van der Waals surface area (Å²) in [5.74, 6) is 0.862. The fourth-order valence-electron chi connectivity index (χ4n) is 1.63. The van der Waals surface area contributed by atoms with E-state index < -0.39 is 0 Å². The number of rotatable bonds is 8. The molecule has 1 fully saturated rings. The van der Waals surface area contributed by atoms with Gasteiger partial charge in [-0.2, -0.15) is 0 Å². The topological polar surface area (TPSA) is 9.23 Å². The lowest BCUT2D eigenvalue weighted by molar-refractivity contribution is 0.192. The maximum absolute atomic E-state index is 6.19. The first-order valence-corrected chi connectivity index (χ1v) is 5.91. The van der Waals surface area contributed by atoms with Crippen LogP contribution in [-0.4, -0.2) is 19.1 Å². The lowest BCUT2D eigenvalue weighted by atomic mass is 10.1. The quantitative estimate of drug-likeness (QED) is 0.434. The van der Waals surface area contributed by atoms with Crippen LogP contribution < -0.4 is 0 Å². The van der Waals surface area contributed by atoms with Crippen molar-refractivity contribution in [3.8, 4) is 0 Å². The third kappa shape index (κ3) is 5.53. The smallest absolute Gasteiger partial charge is 0.0462 e. The van der Waals surface area contributed by atoms with Gasteiger partial charge in [0, 0.05) is 19.1 Å². The average Bonchev–Trinajstić information content (AvgIpc) is 2.93. The molecule has 78 valence electrons. The summed E-state index contributed by atoms with van der Waals surface area (Å²) in [6, 6.07) is 0. The minimum atomic E-state index is 0.474. The fourth-order valence-corrected chi connectivity index (χ4v) is 2.04. The Balaban J connectivity index is 1.77. The van der Waals surface area contributed by atoms with E-state index in [1.54, 1.807) is 7.11 Å². The molecule has 0 spiro atoms. The number of ether oxygens (including phenoxy) is 1. The molecule has 0 saturated heterocycles. The Bertz CT molecular complexity index is 123. The van der Waals surface area contributed by atoms with E-state index in [1.807, 2.05) is 0 Å². The molecule has 2 heteroatoms. The van der Waals surface area contributed by atoms with Gasteiger partial charge in [-0.15, -0.1) is 11.6 Å². The summed E-state index contributed by atoms with van der Waals surface area (Å²) < 4.78 is 4.99. The predicted molar refractivity (Wildman–Crippen MR) is 57.3 cm³/mol. The second-order valence-electron chi connectivity index (χ2n) is 4.05. The van der Waals surface area contributed by atoms with Gasteiger partial charge in [-0.05, 0) is 31.6 Å². The molecule has 1 unspecified atom stereocenters. The van der Waals surface area contributed by atoms with Crippen LogP contribution in [0.5, 0.6) is 0 Å². The summed E-state index contributed by atoms with van der Waals surface area (Å²) in [5.41, 5.74) is 0. The first kappa shape index (κ1) is 11.3. The predicted octanol–water partition coefficient (Wildman–Crippen LogP) is 3.60. The third-order valence-electron chi connectivity index (χ3n) is 2.71. The maximum atomic E-state index is 6.19. The number of unbranched alkanes of at least 4 members (excludes halogenated alkanes) is 3. The second kappa shape index (κ2) is 6.67. The zero-order valence-electron chi connectivity index (χ0n) is 8.60. The maximum Gasteiger partial charge on any atom is 0.0462 e. The largest absolute Gasteiger partial charge is 0.385 e. The van der Waals surface area contributed by atoms with E-state index in [9.17, 15) is 0 Å². The summed E-state index contributed by atoms with van der Waals surface area (Å²) in [6.45, 7) is 0.910. The molecule has 0 heterocycles. The molecule has 1 rings (SSSR count). The van der Waals surface area contributed by atoms with Gasteiger partial charge in [0.1, 0.15) is 0 Å². The van der Waals surface area contributed by atoms with Crippen LogP contribution >= 0.6 is 11.6 Å². The van der Waals surface area contributed by atoms with E-state index in [2.05, 4.69) is 0 Å². The zero-order valence-corrected chi connectivity index (χ0v) is 9.35. The summed E-state index contributed by atoms with van der Waals surface area (Å²) >= 11 is 6.19. The van der Waals surface area contributed by atoms with Crippen molar-refractivity contribution in [2.75, 3.05) is 13.7 Å². The monoisotopic (exact) mass is 204 g/mol. The molecular weight excluding hydrogens is 184 g/mol. The Morgan fingerprint density at radius 3 is 2.54 bits per heavy atom.